The fraction of sp³-hybridized carbons (Fsp3) is 0.583. The van der Waals surface area contributed by atoms with Crippen LogP contribution in [0.3, 0.4) is 0 Å². The summed E-state index contributed by atoms with van der Waals surface area (Å²) in [5.74, 6) is 3.45. The molecule has 0 atom stereocenters. The smallest absolute Gasteiger partial charge is 0.230 e. The number of aromatic nitrogens is 2. The number of nitrogens with zero attached hydrogens (tertiary/aromatic N) is 3. The van der Waals surface area contributed by atoms with Crippen LogP contribution in [-0.2, 0) is 4.79 Å². The summed E-state index contributed by atoms with van der Waals surface area (Å²) in [4.78, 5) is 26.0. The van der Waals surface area contributed by atoms with Crippen molar-refractivity contribution < 1.29 is 19.1 Å². The maximum Gasteiger partial charge on any atom is 0.230 e. The van der Waals surface area contributed by atoms with Crippen molar-refractivity contribution in [3.05, 3.63) is 59.9 Å². The molecule has 0 spiro atoms. The zero-order valence-electron chi connectivity index (χ0n) is 26.2. The van der Waals surface area contributed by atoms with E-state index in [1.54, 1.807) is 13.4 Å². The number of hydrogen-bond acceptors (Lipinski definition) is 6. The lowest BCUT2D eigenvalue weighted by molar-refractivity contribution is -0.124. The van der Waals surface area contributed by atoms with Gasteiger partial charge >= 0.3 is 0 Å². The summed E-state index contributed by atoms with van der Waals surface area (Å²) in [6, 6.07) is 12.4. The number of carbonyl (C=O) groups is 1. The van der Waals surface area contributed by atoms with Crippen molar-refractivity contribution in [2.24, 2.45) is 17.8 Å². The third-order valence-corrected chi connectivity index (χ3v) is 10.2. The Hall–Kier alpha value is -3.19. The van der Waals surface area contributed by atoms with Crippen molar-refractivity contribution in [2.75, 3.05) is 18.6 Å². The molecule has 3 aliphatic rings. The molecule has 2 aromatic heterocycles. The SMILES string of the molecule is COc1ccc([C@H]2CC[C@H](CN(c3cccc(-c4coc(C5CC5)n4)c3)C(=O)[C@H]3CC[C@H](C(C)(C)O)CC3)CC2)nc1C. The fourth-order valence-corrected chi connectivity index (χ4v) is 7.27. The number of amides is 1. The van der Waals surface area contributed by atoms with Gasteiger partial charge in [0.05, 0.1) is 18.4 Å². The van der Waals surface area contributed by atoms with Crippen LogP contribution < -0.4 is 9.64 Å². The number of oxazole rings is 1. The number of aryl methyl sites for hydroxylation is 1. The van der Waals surface area contributed by atoms with Crippen molar-refractivity contribution in [3.63, 3.8) is 0 Å². The maximum atomic E-state index is 14.3. The monoisotopic (exact) mass is 585 g/mol. The van der Waals surface area contributed by atoms with Gasteiger partial charge in [-0.25, -0.2) is 4.98 Å². The van der Waals surface area contributed by atoms with E-state index in [0.717, 1.165) is 111 Å². The number of ether oxygens (including phenoxy) is 1. The van der Waals surface area contributed by atoms with E-state index in [-0.39, 0.29) is 17.7 Å². The number of benzene rings is 1. The average molecular weight is 586 g/mol. The highest BCUT2D eigenvalue weighted by molar-refractivity contribution is 5.95. The molecule has 3 saturated carbocycles. The third kappa shape index (κ3) is 6.82. The summed E-state index contributed by atoms with van der Waals surface area (Å²) in [6.45, 7) is 6.53. The summed E-state index contributed by atoms with van der Waals surface area (Å²) in [6.07, 6.45) is 11.8. The standard InChI is InChI=1S/C36H47N3O4/c1-23-33(42-4)19-18-31(37-23)25-10-8-24(9-11-25)21-39(35(40)27-14-16-29(17-15-27)36(2,3)41)30-7-5-6-28(20-30)32-22-43-34(38-32)26-12-13-26/h5-7,18-20,22,24-27,29,41H,8-17,21H2,1-4H3/t24-,25-,27-,29-. The highest BCUT2D eigenvalue weighted by Gasteiger charge is 2.37. The summed E-state index contributed by atoms with van der Waals surface area (Å²) in [7, 11) is 1.69. The second-order valence-corrected chi connectivity index (χ2v) is 13.8. The normalized spacial score (nSPS) is 24.5. The lowest BCUT2D eigenvalue weighted by Crippen LogP contribution is -2.43. The molecule has 1 amide bonds. The quantitative estimate of drug-likeness (QED) is 0.275. The largest absolute Gasteiger partial charge is 0.495 e. The van der Waals surface area contributed by atoms with Gasteiger partial charge in [-0.1, -0.05) is 12.1 Å². The molecule has 0 aliphatic heterocycles. The zero-order chi connectivity index (χ0) is 30.1. The molecular weight excluding hydrogens is 538 g/mol. The first-order valence-corrected chi connectivity index (χ1v) is 16.3. The van der Waals surface area contributed by atoms with Gasteiger partial charge in [-0.3, -0.25) is 9.78 Å². The number of anilines is 1. The topological polar surface area (TPSA) is 88.7 Å². The molecule has 6 rings (SSSR count). The van der Waals surface area contributed by atoms with Gasteiger partial charge in [-0.2, -0.15) is 0 Å². The minimum Gasteiger partial charge on any atom is -0.495 e. The predicted molar refractivity (Wildman–Crippen MR) is 168 cm³/mol. The van der Waals surface area contributed by atoms with E-state index in [2.05, 4.69) is 29.2 Å². The molecule has 7 heteroatoms. The molecule has 0 bridgehead atoms. The molecule has 3 aliphatic carbocycles. The zero-order valence-corrected chi connectivity index (χ0v) is 26.2. The summed E-state index contributed by atoms with van der Waals surface area (Å²) in [5.41, 5.74) is 4.16. The molecule has 230 valence electrons. The van der Waals surface area contributed by atoms with E-state index >= 15 is 0 Å². The second kappa shape index (κ2) is 12.4. The van der Waals surface area contributed by atoms with Crippen molar-refractivity contribution in [2.45, 2.75) is 102 Å². The molecule has 0 unspecified atom stereocenters. The van der Waals surface area contributed by atoms with E-state index < -0.39 is 5.60 Å². The number of hydrogen-bond donors (Lipinski definition) is 1. The van der Waals surface area contributed by atoms with Crippen molar-refractivity contribution in [3.8, 4) is 17.0 Å². The Balaban J connectivity index is 1.19. The van der Waals surface area contributed by atoms with Crippen molar-refractivity contribution >= 4 is 11.6 Å². The third-order valence-electron chi connectivity index (χ3n) is 10.2. The van der Waals surface area contributed by atoms with E-state index in [9.17, 15) is 9.90 Å². The molecule has 1 N–H and O–H groups in total. The highest BCUT2D eigenvalue weighted by Crippen LogP contribution is 2.42. The molecule has 2 heterocycles. The summed E-state index contributed by atoms with van der Waals surface area (Å²) < 4.78 is 11.2. The first-order chi connectivity index (χ1) is 20.7. The Morgan fingerprint density at radius 1 is 0.977 bits per heavy atom. The number of aliphatic hydroxyl groups is 1. The summed E-state index contributed by atoms with van der Waals surface area (Å²) in [5, 5.41) is 10.6. The van der Waals surface area contributed by atoms with E-state index in [1.807, 2.05) is 32.9 Å². The molecule has 7 nitrogen and oxygen atoms in total. The Bertz CT molecular complexity index is 1410. The highest BCUT2D eigenvalue weighted by atomic mass is 16.5. The van der Waals surface area contributed by atoms with Crippen molar-refractivity contribution in [1.82, 2.24) is 9.97 Å². The van der Waals surface area contributed by atoms with Gasteiger partial charge in [0.2, 0.25) is 5.91 Å². The second-order valence-electron chi connectivity index (χ2n) is 13.8. The van der Waals surface area contributed by atoms with Crippen LogP contribution >= 0.6 is 0 Å². The Labute approximate surface area is 256 Å². The lowest BCUT2D eigenvalue weighted by Gasteiger charge is -2.38. The Morgan fingerprint density at radius 2 is 1.70 bits per heavy atom. The van der Waals surface area contributed by atoms with Crippen LogP contribution in [0.1, 0.15) is 107 Å². The van der Waals surface area contributed by atoms with Crippen LogP contribution in [0.2, 0.25) is 0 Å². The Morgan fingerprint density at radius 3 is 2.35 bits per heavy atom. The van der Waals surface area contributed by atoms with E-state index in [4.69, 9.17) is 19.1 Å². The molecule has 0 saturated heterocycles. The Kier molecular flexibility index (Phi) is 8.63. The van der Waals surface area contributed by atoms with Gasteiger partial charge in [0.1, 0.15) is 17.7 Å². The first kappa shape index (κ1) is 29.9. The molecule has 43 heavy (non-hydrogen) atoms. The minimum absolute atomic E-state index is 0.0152. The molecule has 3 fully saturated rings. The number of methoxy groups -OCH3 is 1. The summed E-state index contributed by atoms with van der Waals surface area (Å²) >= 11 is 0. The van der Waals surface area contributed by atoms with E-state index in [1.165, 1.54) is 0 Å². The molecule has 0 radical (unpaired) electrons. The number of rotatable bonds is 9. The van der Waals surface area contributed by atoms with Gasteiger partial charge in [0.25, 0.3) is 0 Å². The minimum atomic E-state index is -0.700. The van der Waals surface area contributed by atoms with Crippen LogP contribution in [0, 0.1) is 24.7 Å². The fourth-order valence-electron chi connectivity index (χ4n) is 7.27. The number of carbonyl (C=O) groups excluding carboxylic acids is 1. The van der Waals surface area contributed by atoms with Gasteiger partial charge in [0, 0.05) is 41.2 Å². The average Bonchev–Trinajstić information content (AvgIpc) is 3.75. The molecular formula is C36H47N3O4. The molecule has 1 aromatic carbocycles. The van der Waals surface area contributed by atoms with Crippen LogP contribution in [-0.4, -0.2) is 40.2 Å². The van der Waals surface area contributed by atoms with E-state index in [0.29, 0.717) is 17.8 Å². The van der Waals surface area contributed by atoms with Gasteiger partial charge in [0.15, 0.2) is 5.89 Å². The van der Waals surface area contributed by atoms with Gasteiger partial charge in [-0.15, -0.1) is 0 Å². The van der Waals surface area contributed by atoms with Gasteiger partial charge in [-0.05, 0) is 121 Å². The maximum absolute atomic E-state index is 14.3. The van der Waals surface area contributed by atoms with Gasteiger partial charge < -0.3 is 19.2 Å². The van der Waals surface area contributed by atoms with Crippen LogP contribution in [0.4, 0.5) is 5.69 Å². The first-order valence-electron chi connectivity index (χ1n) is 16.3. The van der Waals surface area contributed by atoms with Crippen molar-refractivity contribution in [1.29, 1.82) is 0 Å². The number of pyridine rings is 1. The lowest BCUT2D eigenvalue weighted by atomic mass is 9.74. The van der Waals surface area contributed by atoms with Crippen LogP contribution in [0.5, 0.6) is 5.75 Å². The molecule has 3 aromatic rings. The predicted octanol–water partition coefficient (Wildman–Crippen LogP) is 7.82. The van der Waals surface area contributed by atoms with Crippen LogP contribution in [0.15, 0.2) is 47.1 Å². The van der Waals surface area contributed by atoms with Crippen LogP contribution in [0.25, 0.3) is 11.3 Å².